The maximum Gasteiger partial charge on any atom is 0.387 e. The molecule has 27 heavy (non-hydrogen) atoms. The molecule has 0 bridgehead atoms. The van der Waals surface area contributed by atoms with Gasteiger partial charge in [0.25, 0.3) is 5.91 Å². The standard InChI is InChI=1S/C18H20F2N2O4S/c1-11-6-7-27-15(11)10-22(2)16(23)9-21-17(24)12-4-5-13(26-18(19)20)14(8-12)25-3/h4-8,18H,9-10H2,1-3H3,(H,21,24). The number of nitrogens with one attached hydrogen (secondary N) is 1. The summed E-state index contributed by atoms with van der Waals surface area (Å²) in [6.07, 6.45) is 0. The van der Waals surface area contributed by atoms with Crippen LogP contribution in [0.4, 0.5) is 8.78 Å². The molecular formula is C18H20F2N2O4S. The van der Waals surface area contributed by atoms with E-state index in [0.29, 0.717) is 6.54 Å². The second kappa shape index (κ2) is 9.31. The first-order valence-corrected chi connectivity index (χ1v) is 8.87. The molecule has 0 unspecified atom stereocenters. The molecule has 1 aromatic carbocycles. The Hall–Kier alpha value is -2.68. The highest BCUT2D eigenvalue weighted by molar-refractivity contribution is 7.10. The first-order chi connectivity index (χ1) is 12.8. The van der Waals surface area contributed by atoms with Crippen molar-refractivity contribution in [3.8, 4) is 11.5 Å². The van der Waals surface area contributed by atoms with Gasteiger partial charge in [-0.1, -0.05) is 0 Å². The van der Waals surface area contributed by atoms with E-state index >= 15 is 0 Å². The van der Waals surface area contributed by atoms with E-state index < -0.39 is 12.5 Å². The molecule has 0 saturated carbocycles. The third kappa shape index (κ3) is 5.65. The van der Waals surface area contributed by atoms with Crippen LogP contribution in [0.3, 0.4) is 0 Å². The fourth-order valence-corrected chi connectivity index (χ4v) is 3.22. The van der Waals surface area contributed by atoms with Gasteiger partial charge in [0.1, 0.15) is 0 Å². The van der Waals surface area contributed by atoms with E-state index in [1.165, 1.54) is 30.2 Å². The molecule has 0 radical (unpaired) electrons. The molecule has 0 aliphatic rings. The lowest BCUT2D eigenvalue weighted by molar-refractivity contribution is -0.129. The molecule has 0 spiro atoms. The van der Waals surface area contributed by atoms with Gasteiger partial charge in [0, 0.05) is 17.5 Å². The van der Waals surface area contributed by atoms with Crippen molar-refractivity contribution in [2.24, 2.45) is 0 Å². The van der Waals surface area contributed by atoms with Crippen molar-refractivity contribution in [3.05, 3.63) is 45.6 Å². The predicted molar refractivity (Wildman–Crippen MR) is 97.5 cm³/mol. The van der Waals surface area contributed by atoms with Gasteiger partial charge in [0.05, 0.1) is 20.2 Å². The SMILES string of the molecule is COc1cc(C(=O)NCC(=O)N(C)Cc2sccc2C)ccc1OC(F)F. The van der Waals surface area contributed by atoms with Crippen LogP contribution in [-0.4, -0.2) is 44.0 Å². The topological polar surface area (TPSA) is 67.9 Å². The summed E-state index contributed by atoms with van der Waals surface area (Å²) in [5, 5.41) is 4.47. The van der Waals surface area contributed by atoms with E-state index in [4.69, 9.17) is 4.74 Å². The van der Waals surface area contributed by atoms with E-state index in [0.717, 1.165) is 10.4 Å². The number of hydrogen-bond acceptors (Lipinski definition) is 5. The van der Waals surface area contributed by atoms with E-state index in [1.54, 1.807) is 18.4 Å². The van der Waals surface area contributed by atoms with Crippen LogP contribution in [0.1, 0.15) is 20.8 Å². The minimum atomic E-state index is -3.00. The highest BCUT2D eigenvalue weighted by atomic mass is 32.1. The van der Waals surface area contributed by atoms with Crippen LogP contribution in [0, 0.1) is 6.92 Å². The Kier molecular flexibility index (Phi) is 7.12. The molecule has 1 aromatic heterocycles. The molecule has 0 saturated heterocycles. The molecule has 1 N–H and O–H groups in total. The highest BCUT2D eigenvalue weighted by Gasteiger charge is 2.16. The van der Waals surface area contributed by atoms with Crippen molar-refractivity contribution in [2.45, 2.75) is 20.1 Å². The Labute approximate surface area is 159 Å². The zero-order valence-electron chi connectivity index (χ0n) is 15.1. The number of aryl methyl sites for hydroxylation is 1. The van der Waals surface area contributed by atoms with Gasteiger partial charge in [-0.05, 0) is 42.1 Å². The maximum absolute atomic E-state index is 12.3. The summed E-state index contributed by atoms with van der Waals surface area (Å²) in [5.74, 6) is -0.947. The van der Waals surface area contributed by atoms with Gasteiger partial charge in [-0.25, -0.2) is 0 Å². The average molecular weight is 398 g/mol. The molecule has 0 atom stereocenters. The van der Waals surface area contributed by atoms with Gasteiger partial charge >= 0.3 is 6.61 Å². The Balaban J connectivity index is 1.94. The van der Waals surface area contributed by atoms with Crippen LogP contribution >= 0.6 is 11.3 Å². The number of alkyl halides is 2. The number of carbonyl (C=O) groups is 2. The Bertz CT molecular complexity index is 810. The first-order valence-electron chi connectivity index (χ1n) is 7.99. The monoisotopic (exact) mass is 398 g/mol. The van der Waals surface area contributed by atoms with Crippen molar-refractivity contribution in [1.29, 1.82) is 0 Å². The summed E-state index contributed by atoms with van der Waals surface area (Å²) in [6.45, 7) is -0.747. The Morgan fingerprint density at radius 2 is 2.00 bits per heavy atom. The van der Waals surface area contributed by atoms with Gasteiger partial charge in [0.2, 0.25) is 5.91 Å². The van der Waals surface area contributed by atoms with Crippen molar-refractivity contribution in [2.75, 3.05) is 20.7 Å². The zero-order valence-corrected chi connectivity index (χ0v) is 15.9. The lowest BCUT2D eigenvalue weighted by Gasteiger charge is -2.17. The smallest absolute Gasteiger partial charge is 0.387 e. The third-order valence-corrected chi connectivity index (χ3v) is 4.82. The second-order valence-corrected chi connectivity index (χ2v) is 6.70. The van der Waals surface area contributed by atoms with E-state index in [-0.39, 0.29) is 29.5 Å². The minimum Gasteiger partial charge on any atom is -0.493 e. The number of rotatable bonds is 8. The van der Waals surface area contributed by atoms with Gasteiger partial charge in [-0.2, -0.15) is 8.78 Å². The van der Waals surface area contributed by atoms with E-state index in [2.05, 4.69) is 10.1 Å². The Morgan fingerprint density at radius 3 is 2.59 bits per heavy atom. The molecule has 2 aromatic rings. The van der Waals surface area contributed by atoms with Crippen LogP contribution in [0.15, 0.2) is 29.6 Å². The number of methoxy groups -OCH3 is 1. The van der Waals surface area contributed by atoms with Gasteiger partial charge in [0.15, 0.2) is 11.5 Å². The van der Waals surface area contributed by atoms with Crippen molar-refractivity contribution in [3.63, 3.8) is 0 Å². The van der Waals surface area contributed by atoms with Crippen molar-refractivity contribution >= 4 is 23.2 Å². The summed E-state index contributed by atoms with van der Waals surface area (Å²) >= 11 is 1.57. The van der Waals surface area contributed by atoms with E-state index in [1.807, 2.05) is 18.4 Å². The quantitative estimate of drug-likeness (QED) is 0.742. The molecule has 9 heteroatoms. The first kappa shape index (κ1) is 20.6. The number of carbonyl (C=O) groups excluding carboxylic acids is 2. The summed E-state index contributed by atoms with van der Waals surface area (Å²) in [5.41, 5.74) is 1.28. The van der Waals surface area contributed by atoms with Crippen LogP contribution in [0.5, 0.6) is 11.5 Å². The molecule has 0 aliphatic heterocycles. The highest BCUT2D eigenvalue weighted by Crippen LogP contribution is 2.29. The summed E-state index contributed by atoms with van der Waals surface area (Å²) in [4.78, 5) is 27.0. The summed E-state index contributed by atoms with van der Waals surface area (Å²) in [7, 11) is 2.94. The van der Waals surface area contributed by atoms with Crippen LogP contribution in [0.25, 0.3) is 0 Å². The molecule has 0 aliphatic carbocycles. The lowest BCUT2D eigenvalue weighted by atomic mass is 10.2. The zero-order chi connectivity index (χ0) is 20.0. The van der Waals surface area contributed by atoms with Crippen LogP contribution in [-0.2, 0) is 11.3 Å². The number of benzene rings is 1. The van der Waals surface area contributed by atoms with Gasteiger partial charge in [-0.15, -0.1) is 11.3 Å². The molecule has 1 heterocycles. The normalized spacial score (nSPS) is 10.6. The number of amides is 2. The number of likely N-dealkylation sites (N-methyl/N-ethyl adjacent to an activating group) is 1. The fourth-order valence-electron chi connectivity index (χ4n) is 2.26. The summed E-state index contributed by atoms with van der Waals surface area (Å²) in [6, 6.07) is 5.79. The fraction of sp³-hybridized carbons (Fsp3) is 0.333. The number of nitrogens with zero attached hydrogens (tertiary/aromatic N) is 1. The predicted octanol–water partition coefficient (Wildman–Crippen LogP) is 3.05. The number of halogens is 2. The molecular weight excluding hydrogens is 378 g/mol. The molecule has 146 valence electrons. The number of hydrogen-bond donors (Lipinski definition) is 1. The average Bonchev–Trinajstić information content (AvgIpc) is 3.03. The Morgan fingerprint density at radius 1 is 1.26 bits per heavy atom. The lowest BCUT2D eigenvalue weighted by Crippen LogP contribution is -2.37. The van der Waals surface area contributed by atoms with Gasteiger partial charge < -0.3 is 19.7 Å². The number of ether oxygens (including phenoxy) is 2. The van der Waals surface area contributed by atoms with Crippen LogP contribution in [0.2, 0.25) is 0 Å². The second-order valence-electron chi connectivity index (χ2n) is 5.70. The van der Waals surface area contributed by atoms with Crippen LogP contribution < -0.4 is 14.8 Å². The molecule has 2 amide bonds. The van der Waals surface area contributed by atoms with Crippen molar-refractivity contribution in [1.82, 2.24) is 10.2 Å². The molecule has 6 nitrogen and oxygen atoms in total. The molecule has 0 fully saturated rings. The maximum atomic E-state index is 12.3. The minimum absolute atomic E-state index is 0.000403. The van der Waals surface area contributed by atoms with Gasteiger partial charge in [-0.3, -0.25) is 9.59 Å². The summed E-state index contributed by atoms with van der Waals surface area (Å²) < 4.78 is 34.0. The number of thiophene rings is 1. The largest absolute Gasteiger partial charge is 0.493 e. The van der Waals surface area contributed by atoms with E-state index in [9.17, 15) is 18.4 Å². The third-order valence-electron chi connectivity index (χ3n) is 3.82. The van der Waals surface area contributed by atoms with Crippen molar-refractivity contribution < 1.29 is 27.8 Å². The molecule has 2 rings (SSSR count).